The van der Waals surface area contributed by atoms with Crippen molar-refractivity contribution in [2.24, 2.45) is 0 Å². The SMILES string of the molecule is CCCCCCI.F. The zero-order valence-corrected chi connectivity index (χ0v) is 7.48. The van der Waals surface area contributed by atoms with Crippen molar-refractivity contribution < 1.29 is 4.70 Å². The fourth-order valence-corrected chi connectivity index (χ4v) is 1.06. The fraction of sp³-hybridized carbons (Fsp3) is 1.00. The van der Waals surface area contributed by atoms with Gasteiger partial charge in [-0.3, -0.25) is 4.70 Å². The van der Waals surface area contributed by atoms with E-state index in [4.69, 9.17) is 0 Å². The van der Waals surface area contributed by atoms with Crippen molar-refractivity contribution in [1.82, 2.24) is 0 Å². The van der Waals surface area contributed by atoms with E-state index in [9.17, 15) is 0 Å². The highest BCUT2D eigenvalue weighted by Gasteiger charge is 1.80. The summed E-state index contributed by atoms with van der Waals surface area (Å²) < 4.78 is 1.33. The van der Waals surface area contributed by atoms with Crippen LogP contribution in [-0.2, 0) is 0 Å². The summed E-state index contributed by atoms with van der Waals surface area (Å²) in [6.45, 7) is 2.24. The molecule has 0 aromatic carbocycles. The minimum absolute atomic E-state index is 0. The molecule has 0 fully saturated rings. The van der Waals surface area contributed by atoms with Crippen LogP contribution in [0.25, 0.3) is 0 Å². The van der Waals surface area contributed by atoms with E-state index in [0.29, 0.717) is 0 Å². The van der Waals surface area contributed by atoms with Crippen molar-refractivity contribution in [2.45, 2.75) is 32.6 Å². The van der Waals surface area contributed by atoms with Crippen LogP contribution in [0.3, 0.4) is 0 Å². The molecular weight excluding hydrogens is 218 g/mol. The van der Waals surface area contributed by atoms with Crippen LogP contribution in [-0.4, -0.2) is 4.43 Å². The maximum absolute atomic E-state index is 2.43. The lowest BCUT2D eigenvalue weighted by Gasteiger charge is -1.89. The van der Waals surface area contributed by atoms with Gasteiger partial charge in [-0.2, -0.15) is 0 Å². The molecule has 0 aliphatic carbocycles. The molecule has 8 heavy (non-hydrogen) atoms. The molecule has 0 saturated heterocycles. The minimum Gasteiger partial charge on any atom is -0.269 e. The lowest BCUT2D eigenvalue weighted by atomic mass is 10.2. The molecule has 0 aliphatic rings. The van der Waals surface area contributed by atoms with Crippen LogP contribution in [0.15, 0.2) is 0 Å². The Hall–Kier alpha value is 0.660. The second kappa shape index (κ2) is 10.6. The first kappa shape index (κ1) is 11.5. The number of hydrogen-bond acceptors (Lipinski definition) is 0. The standard InChI is InChI=1S/C6H13I.FH/c1-2-3-4-5-6-7;/h2-6H2,1H3;1H. The van der Waals surface area contributed by atoms with Gasteiger partial charge in [-0.05, 0) is 10.8 Å². The van der Waals surface area contributed by atoms with Crippen molar-refractivity contribution in [3.05, 3.63) is 0 Å². The van der Waals surface area contributed by atoms with E-state index in [2.05, 4.69) is 29.5 Å². The van der Waals surface area contributed by atoms with Crippen LogP contribution >= 0.6 is 22.6 Å². The van der Waals surface area contributed by atoms with Crippen molar-refractivity contribution >= 4 is 22.6 Å². The molecule has 0 N–H and O–H groups in total. The minimum atomic E-state index is 0. The predicted molar refractivity (Wildman–Crippen MR) is 45.5 cm³/mol. The third kappa shape index (κ3) is 9.83. The van der Waals surface area contributed by atoms with E-state index in [-0.39, 0.29) is 4.70 Å². The summed E-state index contributed by atoms with van der Waals surface area (Å²) in [5, 5.41) is 0. The van der Waals surface area contributed by atoms with Crippen molar-refractivity contribution in [3.8, 4) is 0 Å². The summed E-state index contributed by atoms with van der Waals surface area (Å²) in [6.07, 6.45) is 5.62. The number of rotatable bonds is 4. The molecule has 2 heteroatoms. The Balaban J connectivity index is 0. The average Bonchev–Trinajstić information content (AvgIpc) is 1.69. The summed E-state index contributed by atoms with van der Waals surface area (Å²) in [7, 11) is 0. The quantitative estimate of drug-likeness (QED) is 0.396. The second-order valence-electron chi connectivity index (χ2n) is 1.75. The van der Waals surface area contributed by atoms with Gasteiger partial charge in [0.25, 0.3) is 0 Å². The van der Waals surface area contributed by atoms with E-state index >= 15 is 0 Å². The van der Waals surface area contributed by atoms with Crippen LogP contribution in [0.2, 0.25) is 0 Å². The van der Waals surface area contributed by atoms with Crippen LogP contribution in [0.5, 0.6) is 0 Å². The Morgan fingerprint density at radius 1 is 1.12 bits per heavy atom. The molecule has 0 saturated carbocycles. The van der Waals surface area contributed by atoms with E-state index < -0.39 is 0 Å². The van der Waals surface area contributed by atoms with Gasteiger partial charge >= 0.3 is 0 Å². The molecule has 0 rings (SSSR count). The Morgan fingerprint density at radius 3 is 2.12 bits per heavy atom. The summed E-state index contributed by atoms with van der Waals surface area (Å²) in [6, 6.07) is 0. The van der Waals surface area contributed by atoms with Crippen LogP contribution in [0.4, 0.5) is 4.70 Å². The van der Waals surface area contributed by atoms with Gasteiger partial charge in [-0.25, -0.2) is 0 Å². The number of alkyl halides is 1. The lowest BCUT2D eigenvalue weighted by molar-refractivity contribution is 0.710. The summed E-state index contributed by atoms with van der Waals surface area (Å²) in [5.41, 5.74) is 0. The highest BCUT2D eigenvalue weighted by Crippen LogP contribution is 2.00. The van der Waals surface area contributed by atoms with Gasteiger partial charge in [0, 0.05) is 0 Å². The Labute approximate surface area is 64.6 Å². The summed E-state index contributed by atoms with van der Waals surface area (Å²) >= 11 is 2.43. The van der Waals surface area contributed by atoms with Gasteiger partial charge < -0.3 is 0 Å². The van der Waals surface area contributed by atoms with Crippen LogP contribution in [0, 0.1) is 0 Å². The van der Waals surface area contributed by atoms with Crippen molar-refractivity contribution in [2.75, 3.05) is 4.43 Å². The van der Waals surface area contributed by atoms with Crippen LogP contribution < -0.4 is 0 Å². The molecule has 0 nitrogen and oxygen atoms in total. The molecule has 0 heterocycles. The molecule has 0 radical (unpaired) electrons. The lowest BCUT2D eigenvalue weighted by Crippen LogP contribution is -1.73. The first-order valence-electron chi connectivity index (χ1n) is 2.97. The molecule has 0 atom stereocenters. The van der Waals surface area contributed by atoms with Gasteiger partial charge in [-0.1, -0.05) is 48.8 Å². The third-order valence-corrected chi connectivity index (χ3v) is 1.75. The maximum atomic E-state index is 2.43. The molecular formula is C6H14FI. The summed E-state index contributed by atoms with van der Waals surface area (Å²) in [5.74, 6) is 0. The zero-order chi connectivity index (χ0) is 5.54. The first-order chi connectivity index (χ1) is 3.41. The van der Waals surface area contributed by atoms with Gasteiger partial charge in [0.1, 0.15) is 0 Å². The predicted octanol–water partition coefficient (Wildman–Crippen LogP) is 3.15. The Morgan fingerprint density at radius 2 is 1.75 bits per heavy atom. The number of unbranched alkanes of at least 4 members (excludes halogenated alkanes) is 3. The molecule has 0 spiro atoms. The largest absolute Gasteiger partial charge is 0.269 e. The average molecular weight is 232 g/mol. The monoisotopic (exact) mass is 232 g/mol. The van der Waals surface area contributed by atoms with E-state index in [1.54, 1.807) is 0 Å². The van der Waals surface area contributed by atoms with Gasteiger partial charge in [0.05, 0.1) is 0 Å². The topological polar surface area (TPSA) is 0 Å². The van der Waals surface area contributed by atoms with Gasteiger partial charge in [0.15, 0.2) is 0 Å². The van der Waals surface area contributed by atoms with Crippen LogP contribution in [0.1, 0.15) is 32.6 Å². The maximum Gasteiger partial charge on any atom is -0.000473 e. The fourth-order valence-electron chi connectivity index (χ4n) is 0.521. The second-order valence-corrected chi connectivity index (χ2v) is 2.83. The number of halogens is 2. The van der Waals surface area contributed by atoms with Gasteiger partial charge in [-0.15, -0.1) is 0 Å². The van der Waals surface area contributed by atoms with E-state index in [1.807, 2.05) is 0 Å². The molecule has 52 valence electrons. The Bertz CT molecular complexity index is 27.7. The van der Waals surface area contributed by atoms with Gasteiger partial charge in [0.2, 0.25) is 0 Å². The molecule has 0 unspecified atom stereocenters. The molecule has 0 bridgehead atoms. The molecule has 0 aliphatic heterocycles. The Kier molecular flexibility index (Phi) is 15.2. The zero-order valence-electron chi connectivity index (χ0n) is 5.32. The van der Waals surface area contributed by atoms with E-state index in [0.717, 1.165) is 0 Å². The smallest absolute Gasteiger partial charge is 0.000473 e. The third-order valence-electron chi connectivity index (χ3n) is 0.987. The first-order valence-corrected chi connectivity index (χ1v) is 4.50. The molecule has 0 aromatic rings. The summed E-state index contributed by atoms with van der Waals surface area (Å²) in [4.78, 5) is 0. The van der Waals surface area contributed by atoms with Crippen molar-refractivity contribution in [3.63, 3.8) is 0 Å². The number of hydrogen-bond donors (Lipinski definition) is 0. The molecule has 0 aromatic heterocycles. The van der Waals surface area contributed by atoms with Crippen molar-refractivity contribution in [1.29, 1.82) is 0 Å². The molecule has 0 amide bonds. The normalized spacial score (nSPS) is 8.25. The highest BCUT2D eigenvalue weighted by molar-refractivity contribution is 14.1. The highest BCUT2D eigenvalue weighted by atomic mass is 127. The van der Waals surface area contributed by atoms with E-state index in [1.165, 1.54) is 30.1 Å².